The zero-order chi connectivity index (χ0) is 12.4. The Balaban J connectivity index is 2.15. The molecule has 0 saturated carbocycles. The van der Waals surface area contributed by atoms with Gasteiger partial charge in [0.25, 0.3) is 0 Å². The minimum Gasteiger partial charge on any atom is -0.285 e. The lowest BCUT2D eigenvalue weighted by molar-refractivity contribution is 1.09. The van der Waals surface area contributed by atoms with Crippen LogP contribution in [-0.4, -0.2) is 15.2 Å². The molecule has 0 aliphatic heterocycles. The van der Waals surface area contributed by atoms with E-state index in [1.807, 2.05) is 42.6 Å². The standard InChI is InChI=1S/C14H10ClN3/c15-12-5-3-10(4-6-12)13-2-1-7-16-14(13)11-8-17-18-9-11/h1-9H,(H,17,18). The zero-order valence-electron chi connectivity index (χ0n) is 9.47. The summed E-state index contributed by atoms with van der Waals surface area (Å²) >= 11 is 5.91. The van der Waals surface area contributed by atoms with E-state index in [1.54, 1.807) is 12.4 Å². The van der Waals surface area contributed by atoms with E-state index in [2.05, 4.69) is 15.2 Å². The molecule has 2 heterocycles. The molecule has 0 radical (unpaired) electrons. The molecule has 3 aromatic rings. The van der Waals surface area contributed by atoms with Gasteiger partial charge in [0, 0.05) is 28.5 Å². The second-order valence-corrected chi connectivity index (χ2v) is 4.33. The third kappa shape index (κ3) is 2.00. The molecule has 4 heteroatoms. The van der Waals surface area contributed by atoms with Crippen LogP contribution < -0.4 is 0 Å². The Kier molecular flexibility index (Phi) is 2.82. The summed E-state index contributed by atoms with van der Waals surface area (Å²) in [4.78, 5) is 4.43. The summed E-state index contributed by atoms with van der Waals surface area (Å²) < 4.78 is 0. The van der Waals surface area contributed by atoms with E-state index in [0.717, 1.165) is 27.4 Å². The fourth-order valence-electron chi connectivity index (χ4n) is 1.88. The number of nitrogens with one attached hydrogen (secondary N) is 1. The molecule has 3 nitrogen and oxygen atoms in total. The van der Waals surface area contributed by atoms with Crippen molar-refractivity contribution in [1.82, 2.24) is 15.2 Å². The summed E-state index contributed by atoms with van der Waals surface area (Å²) in [5.74, 6) is 0. The number of rotatable bonds is 2. The molecule has 0 aliphatic rings. The molecule has 0 bridgehead atoms. The lowest BCUT2D eigenvalue weighted by Crippen LogP contribution is -1.87. The summed E-state index contributed by atoms with van der Waals surface area (Å²) in [6.07, 6.45) is 5.38. The van der Waals surface area contributed by atoms with E-state index in [-0.39, 0.29) is 0 Å². The first kappa shape index (κ1) is 11.0. The highest BCUT2D eigenvalue weighted by atomic mass is 35.5. The molecule has 1 aromatic carbocycles. The van der Waals surface area contributed by atoms with Crippen LogP contribution in [0.1, 0.15) is 0 Å². The van der Waals surface area contributed by atoms with E-state index in [1.165, 1.54) is 0 Å². The van der Waals surface area contributed by atoms with Gasteiger partial charge in [0.2, 0.25) is 0 Å². The van der Waals surface area contributed by atoms with E-state index in [4.69, 9.17) is 11.6 Å². The van der Waals surface area contributed by atoms with Gasteiger partial charge in [-0.3, -0.25) is 10.1 Å². The van der Waals surface area contributed by atoms with Crippen molar-refractivity contribution in [1.29, 1.82) is 0 Å². The van der Waals surface area contributed by atoms with Crippen LogP contribution in [-0.2, 0) is 0 Å². The van der Waals surface area contributed by atoms with Crippen LogP contribution >= 0.6 is 11.6 Å². The first-order valence-corrected chi connectivity index (χ1v) is 5.92. The molecule has 2 aromatic heterocycles. The molecule has 0 saturated heterocycles. The number of H-pyrrole nitrogens is 1. The van der Waals surface area contributed by atoms with Crippen LogP contribution in [0.2, 0.25) is 5.02 Å². The normalized spacial score (nSPS) is 10.5. The van der Waals surface area contributed by atoms with Gasteiger partial charge in [-0.15, -0.1) is 0 Å². The van der Waals surface area contributed by atoms with Crippen molar-refractivity contribution in [3.63, 3.8) is 0 Å². The molecule has 88 valence electrons. The number of benzene rings is 1. The minimum absolute atomic E-state index is 0.729. The predicted octanol–water partition coefficient (Wildman–Crippen LogP) is 3.79. The van der Waals surface area contributed by atoms with E-state index >= 15 is 0 Å². The van der Waals surface area contributed by atoms with Gasteiger partial charge in [-0.05, 0) is 23.8 Å². The summed E-state index contributed by atoms with van der Waals surface area (Å²) in [6, 6.07) is 11.7. The van der Waals surface area contributed by atoms with Crippen molar-refractivity contribution in [2.24, 2.45) is 0 Å². The van der Waals surface area contributed by atoms with E-state index < -0.39 is 0 Å². The zero-order valence-corrected chi connectivity index (χ0v) is 10.2. The van der Waals surface area contributed by atoms with Crippen molar-refractivity contribution in [2.45, 2.75) is 0 Å². The number of nitrogens with zero attached hydrogens (tertiary/aromatic N) is 2. The molecule has 3 rings (SSSR count). The summed E-state index contributed by atoms with van der Waals surface area (Å²) in [6.45, 7) is 0. The van der Waals surface area contributed by atoms with Crippen molar-refractivity contribution in [2.75, 3.05) is 0 Å². The average Bonchev–Trinajstić information content (AvgIpc) is 2.93. The molecule has 0 aliphatic carbocycles. The Morgan fingerprint density at radius 2 is 1.83 bits per heavy atom. The van der Waals surface area contributed by atoms with Gasteiger partial charge >= 0.3 is 0 Å². The fraction of sp³-hybridized carbons (Fsp3) is 0. The topological polar surface area (TPSA) is 41.6 Å². The molecule has 18 heavy (non-hydrogen) atoms. The van der Waals surface area contributed by atoms with Gasteiger partial charge in [0.05, 0.1) is 11.9 Å². The fourth-order valence-corrected chi connectivity index (χ4v) is 2.00. The number of pyridine rings is 1. The monoisotopic (exact) mass is 255 g/mol. The van der Waals surface area contributed by atoms with Crippen molar-refractivity contribution >= 4 is 11.6 Å². The Bertz CT molecular complexity index is 645. The van der Waals surface area contributed by atoms with Crippen LogP contribution in [0.3, 0.4) is 0 Å². The second-order valence-electron chi connectivity index (χ2n) is 3.89. The van der Waals surface area contributed by atoms with Crippen LogP contribution in [0.25, 0.3) is 22.4 Å². The first-order valence-electron chi connectivity index (χ1n) is 5.55. The van der Waals surface area contributed by atoms with Crippen molar-refractivity contribution in [3.05, 3.63) is 60.0 Å². The summed E-state index contributed by atoms with van der Waals surface area (Å²) in [7, 11) is 0. The Labute approximate surface area is 109 Å². The smallest absolute Gasteiger partial charge is 0.0811 e. The molecule has 0 spiro atoms. The van der Waals surface area contributed by atoms with Crippen LogP contribution in [0.15, 0.2) is 55.0 Å². The second kappa shape index (κ2) is 4.63. The van der Waals surface area contributed by atoms with Crippen LogP contribution in [0, 0.1) is 0 Å². The lowest BCUT2D eigenvalue weighted by atomic mass is 10.0. The van der Waals surface area contributed by atoms with E-state index in [0.29, 0.717) is 0 Å². The molecular formula is C14H10ClN3. The van der Waals surface area contributed by atoms with Gasteiger partial charge in [-0.1, -0.05) is 29.8 Å². The Hall–Kier alpha value is -2.13. The van der Waals surface area contributed by atoms with Crippen LogP contribution in [0.4, 0.5) is 0 Å². The first-order chi connectivity index (χ1) is 8.84. The average molecular weight is 256 g/mol. The maximum atomic E-state index is 5.91. The molecule has 0 atom stereocenters. The highest BCUT2D eigenvalue weighted by molar-refractivity contribution is 6.30. The van der Waals surface area contributed by atoms with Gasteiger partial charge in [0.15, 0.2) is 0 Å². The quantitative estimate of drug-likeness (QED) is 0.757. The van der Waals surface area contributed by atoms with Gasteiger partial charge < -0.3 is 0 Å². The maximum absolute atomic E-state index is 5.91. The molecule has 1 N–H and O–H groups in total. The maximum Gasteiger partial charge on any atom is 0.0811 e. The van der Waals surface area contributed by atoms with Crippen molar-refractivity contribution in [3.8, 4) is 22.4 Å². The highest BCUT2D eigenvalue weighted by Crippen LogP contribution is 2.30. The van der Waals surface area contributed by atoms with Crippen molar-refractivity contribution < 1.29 is 0 Å². The Morgan fingerprint density at radius 3 is 2.56 bits per heavy atom. The number of halogens is 1. The number of aromatic nitrogens is 3. The summed E-state index contributed by atoms with van der Waals surface area (Å²) in [5.41, 5.74) is 4.04. The third-order valence-electron chi connectivity index (χ3n) is 2.73. The minimum atomic E-state index is 0.729. The number of aromatic amines is 1. The third-order valence-corrected chi connectivity index (χ3v) is 2.99. The largest absolute Gasteiger partial charge is 0.285 e. The lowest BCUT2D eigenvalue weighted by Gasteiger charge is -2.06. The predicted molar refractivity (Wildman–Crippen MR) is 72.3 cm³/mol. The highest BCUT2D eigenvalue weighted by Gasteiger charge is 2.08. The summed E-state index contributed by atoms with van der Waals surface area (Å²) in [5, 5.41) is 7.50. The van der Waals surface area contributed by atoms with Gasteiger partial charge in [-0.25, -0.2) is 0 Å². The SMILES string of the molecule is Clc1ccc(-c2cccnc2-c2cn[nH]c2)cc1. The number of hydrogen-bond acceptors (Lipinski definition) is 2. The van der Waals surface area contributed by atoms with Crippen LogP contribution in [0.5, 0.6) is 0 Å². The molecular weight excluding hydrogens is 246 g/mol. The van der Waals surface area contributed by atoms with E-state index in [9.17, 15) is 0 Å². The van der Waals surface area contributed by atoms with Gasteiger partial charge in [-0.2, -0.15) is 5.10 Å². The molecule has 0 fully saturated rings. The Morgan fingerprint density at radius 1 is 1.00 bits per heavy atom. The van der Waals surface area contributed by atoms with Gasteiger partial charge in [0.1, 0.15) is 0 Å². The molecule has 0 amide bonds. The molecule has 0 unspecified atom stereocenters. The number of hydrogen-bond donors (Lipinski definition) is 1.